The predicted molar refractivity (Wildman–Crippen MR) is 48.3 cm³/mol. The maximum absolute atomic E-state index is 11.0. The molecule has 1 fully saturated rings. The largest absolute Gasteiger partial charge is 0.355 e. The monoisotopic (exact) mass is 179 g/mol. The number of hydrogen-bond donors (Lipinski definition) is 1. The Morgan fingerprint density at radius 2 is 2.62 bits per heavy atom. The van der Waals surface area contributed by atoms with E-state index in [1.165, 1.54) is 0 Å². The Balaban J connectivity index is 2.12. The number of carbonyl (C=O) groups excluding carboxylic acids is 1. The van der Waals surface area contributed by atoms with Crippen LogP contribution in [-0.2, 0) is 11.3 Å². The summed E-state index contributed by atoms with van der Waals surface area (Å²) in [5.74, 6) is 0.413. The molecule has 1 aromatic heterocycles. The van der Waals surface area contributed by atoms with Gasteiger partial charge in [0.15, 0.2) is 0 Å². The van der Waals surface area contributed by atoms with Gasteiger partial charge in [0, 0.05) is 31.6 Å². The molecular weight excluding hydrogens is 166 g/mol. The Morgan fingerprint density at radius 1 is 1.77 bits per heavy atom. The van der Waals surface area contributed by atoms with Gasteiger partial charge < -0.3 is 5.32 Å². The highest BCUT2D eigenvalue weighted by atomic mass is 16.1. The van der Waals surface area contributed by atoms with Crippen molar-refractivity contribution in [3.8, 4) is 0 Å². The van der Waals surface area contributed by atoms with E-state index in [1.807, 2.05) is 16.9 Å². The number of nitrogens with zero attached hydrogens (tertiary/aromatic N) is 2. The van der Waals surface area contributed by atoms with Crippen LogP contribution in [0.2, 0.25) is 0 Å². The third kappa shape index (κ3) is 1.56. The molecule has 0 saturated carbocycles. The number of carbonyl (C=O) groups is 1. The summed E-state index contributed by atoms with van der Waals surface area (Å²) in [5.41, 5.74) is 1.03. The van der Waals surface area contributed by atoms with Crippen LogP contribution in [0.4, 0.5) is 0 Å². The van der Waals surface area contributed by atoms with E-state index in [0.717, 1.165) is 18.8 Å². The van der Waals surface area contributed by atoms with E-state index in [0.29, 0.717) is 6.42 Å². The van der Waals surface area contributed by atoms with Gasteiger partial charge in [0.25, 0.3) is 0 Å². The topological polar surface area (TPSA) is 46.9 Å². The fourth-order valence-electron chi connectivity index (χ4n) is 1.59. The Hall–Kier alpha value is -1.32. The number of hydrogen-bond acceptors (Lipinski definition) is 2. The van der Waals surface area contributed by atoms with Gasteiger partial charge in [0.05, 0.1) is 5.69 Å². The second kappa shape index (κ2) is 3.20. The van der Waals surface area contributed by atoms with Gasteiger partial charge in [-0.05, 0) is 13.0 Å². The Kier molecular flexibility index (Phi) is 2.04. The fourth-order valence-corrected chi connectivity index (χ4v) is 1.59. The average Bonchev–Trinajstić information content (AvgIpc) is 2.71. The van der Waals surface area contributed by atoms with Crippen LogP contribution in [0.25, 0.3) is 0 Å². The Morgan fingerprint density at radius 3 is 3.15 bits per heavy atom. The summed E-state index contributed by atoms with van der Waals surface area (Å²) in [5, 5.41) is 7.18. The minimum Gasteiger partial charge on any atom is -0.355 e. The van der Waals surface area contributed by atoms with Crippen molar-refractivity contribution in [1.82, 2.24) is 15.1 Å². The van der Waals surface area contributed by atoms with Crippen molar-refractivity contribution in [2.24, 2.45) is 0 Å². The smallest absolute Gasteiger partial charge is 0.220 e. The van der Waals surface area contributed by atoms with Crippen molar-refractivity contribution in [2.75, 3.05) is 6.54 Å². The van der Waals surface area contributed by atoms with Crippen LogP contribution in [0.15, 0.2) is 12.3 Å². The fraction of sp³-hybridized carbons (Fsp3) is 0.556. The molecule has 13 heavy (non-hydrogen) atoms. The number of aryl methyl sites for hydroxylation is 1. The minimum absolute atomic E-state index is 0.135. The lowest BCUT2D eigenvalue weighted by Crippen LogP contribution is -2.13. The molecule has 2 heterocycles. The van der Waals surface area contributed by atoms with Crippen LogP contribution in [0.3, 0.4) is 0 Å². The van der Waals surface area contributed by atoms with E-state index in [2.05, 4.69) is 17.3 Å². The molecule has 1 saturated heterocycles. The molecule has 1 aliphatic heterocycles. The van der Waals surface area contributed by atoms with Gasteiger partial charge in [-0.3, -0.25) is 9.48 Å². The summed E-state index contributed by atoms with van der Waals surface area (Å²) in [6.07, 6.45) is 2.54. The Bertz CT molecular complexity index is 318. The van der Waals surface area contributed by atoms with Gasteiger partial charge in [-0.15, -0.1) is 0 Å². The maximum Gasteiger partial charge on any atom is 0.220 e. The quantitative estimate of drug-likeness (QED) is 0.719. The van der Waals surface area contributed by atoms with Crippen molar-refractivity contribution in [2.45, 2.75) is 25.8 Å². The van der Waals surface area contributed by atoms with E-state index in [4.69, 9.17) is 0 Å². The van der Waals surface area contributed by atoms with E-state index < -0.39 is 0 Å². The zero-order valence-corrected chi connectivity index (χ0v) is 7.66. The minimum atomic E-state index is 0.135. The molecule has 0 spiro atoms. The van der Waals surface area contributed by atoms with Crippen LogP contribution in [0.1, 0.15) is 25.0 Å². The molecule has 1 aliphatic rings. The first-order chi connectivity index (χ1) is 6.29. The third-order valence-corrected chi connectivity index (χ3v) is 2.38. The lowest BCUT2D eigenvalue weighted by molar-refractivity contribution is -0.119. The standard InChI is InChI=1S/C9H13N3O/c1-2-12-4-3-8(11-12)7-5-9(13)10-6-7/h3-4,7H,2,5-6H2,1H3,(H,10,13). The van der Waals surface area contributed by atoms with E-state index in [9.17, 15) is 4.79 Å². The van der Waals surface area contributed by atoms with Crippen molar-refractivity contribution >= 4 is 5.91 Å². The van der Waals surface area contributed by atoms with E-state index in [-0.39, 0.29) is 11.8 Å². The molecule has 4 nitrogen and oxygen atoms in total. The molecule has 0 aromatic carbocycles. The SMILES string of the molecule is CCn1ccc(C2CNC(=O)C2)n1. The van der Waals surface area contributed by atoms with Gasteiger partial charge in [-0.25, -0.2) is 0 Å². The second-order valence-electron chi connectivity index (χ2n) is 3.30. The molecule has 0 radical (unpaired) electrons. The summed E-state index contributed by atoms with van der Waals surface area (Å²) in [4.78, 5) is 11.0. The zero-order valence-electron chi connectivity index (χ0n) is 7.66. The van der Waals surface area contributed by atoms with Gasteiger partial charge in [-0.1, -0.05) is 0 Å². The summed E-state index contributed by atoms with van der Waals surface area (Å²) in [7, 11) is 0. The molecule has 4 heteroatoms. The zero-order chi connectivity index (χ0) is 9.26. The van der Waals surface area contributed by atoms with Crippen LogP contribution in [0.5, 0.6) is 0 Å². The van der Waals surface area contributed by atoms with Crippen molar-refractivity contribution in [1.29, 1.82) is 0 Å². The van der Waals surface area contributed by atoms with E-state index >= 15 is 0 Å². The molecule has 1 unspecified atom stereocenters. The average molecular weight is 179 g/mol. The summed E-state index contributed by atoms with van der Waals surface area (Å²) < 4.78 is 1.89. The summed E-state index contributed by atoms with van der Waals surface area (Å²) in [6, 6.07) is 1.99. The lowest BCUT2D eigenvalue weighted by atomic mass is 10.1. The van der Waals surface area contributed by atoms with Gasteiger partial charge in [0.1, 0.15) is 0 Å². The number of rotatable bonds is 2. The molecule has 1 aromatic rings. The highest BCUT2D eigenvalue weighted by Gasteiger charge is 2.24. The first-order valence-electron chi connectivity index (χ1n) is 4.59. The van der Waals surface area contributed by atoms with Gasteiger partial charge in [-0.2, -0.15) is 5.10 Å². The van der Waals surface area contributed by atoms with Crippen LogP contribution in [0, 0.1) is 0 Å². The highest BCUT2D eigenvalue weighted by molar-refractivity contribution is 5.79. The van der Waals surface area contributed by atoms with Crippen molar-refractivity contribution in [3.05, 3.63) is 18.0 Å². The van der Waals surface area contributed by atoms with Crippen molar-refractivity contribution < 1.29 is 4.79 Å². The molecule has 2 rings (SSSR count). The third-order valence-electron chi connectivity index (χ3n) is 2.38. The van der Waals surface area contributed by atoms with Crippen molar-refractivity contribution in [3.63, 3.8) is 0 Å². The molecule has 70 valence electrons. The maximum atomic E-state index is 11.0. The molecule has 1 atom stereocenters. The normalized spacial score (nSPS) is 21.9. The predicted octanol–water partition coefficient (Wildman–Crippen LogP) is 0.506. The van der Waals surface area contributed by atoms with Crippen LogP contribution < -0.4 is 5.32 Å². The summed E-state index contributed by atoms with van der Waals surface area (Å²) in [6.45, 7) is 3.67. The van der Waals surface area contributed by atoms with Gasteiger partial charge >= 0.3 is 0 Å². The van der Waals surface area contributed by atoms with E-state index in [1.54, 1.807) is 0 Å². The molecule has 1 N–H and O–H groups in total. The highest BCUT2D eigenvalue weighted by Crippen LogP contribution is 2.20. The van der Waals surface area contributed by atoms with Crippen LogP contribution >= 0.6 is 0 Å². The number of amides is 1. The summed E-state index contributed by atoms with van der Waals surface area (Å²) >= 11 is 0. The molecular formula is C9H13N3O. The molecule has 0 bridgehead atoms. The lowest BCUT2D eigenvalue weighted by Gasteiger charge is -2.01. The first kappa shape index (κ1) is 8.29. The first-order valence-corrected chi connectivity index (χ1v) is 4.59. The Labute approximate surface area is 76.9 Å². The van der Waals surface area contributed by atoms with Crippen LogP contribution in [-0.4, -0.2) is 22.2 Å². The van der Waals surface area contributed by atoms with Gasteiger partial charge in [0.2, 0.25) is 5.91 Å². The molecule has 0 aliphatic carbocycles. The molecule has 1 amide bonds. The second-order valence-corrected chi connectivity index (χ2v) is 3.30. The number of nitrogens with one attached hydrogen (secondary N) is 1. The number of aromatic nitrogens is 2.